The van der Waals surface area contributed by atoms with Crippen LogP contribution in [0.15, 0.2) is 42.6 Å². The van der Waals surface area contributed by atoms with E-state index >= 15 is 0 Å². The van der Waals surface area contributed by atoms with E-state index in [9.17, 15) is 4.79 Å². The van der Waals surface area contributed by atoms with Crippen LogP contribution in [0.2, 0.25) is 0 Å². The topological polar surface area (TPSA) is 80.0 Å². The van der Waals surface area contributed by atoms with Crippen LogP contribution in [0.3, 0.4) is 0 Å². The van der Waals surface area contributed by atoms with Gasteiger partial charge in [0.2, 0.25) is 0 Å². The van der Waals surface area contributed by atoms with Gasteiger partial charge >= 0.3 is 0 Å². The molecule has 0 radical (unpaired) electrons. The van der Waals surface area contributed by atoms with Crippen LogP contribution < -0.4 is 16.4 Å². The molecule has 0 aliphatic carbocycles. The SMILES string of the molecule is CNC(=O)c1cc(NCc2cccc(CN)c2)ccn1. The Morgan fingerprint density at radius 1 is 1.25 bits per heavy atom. The van der Waals surface area contributed by atoms with E-state index in [1.807, 2.05) is 24.3 Å². The second-order valence-corrected chi connectivity index (χ2v) is 4.39. The number of carbonyl (C=O) groups excluding carboxylic acids is 1. The summed E-state index contributed by atoms with van der Waals surface area (Å²) < 4.78 is 0. The van der Waals surface area contributed by atoms with Crippen molar-refractivity contribution < 1.29 is 4.79 Å². The molecule has 5 heteroatoms. The van der Waals surface area contributed by atoms with Gasteiger partial charge in [-0.05, 0) is 23.3 Å². The Kier molecular flexibility index (Phi) is 4.68. The van der Waals surface area contributed by atoms with Gasteiger partial charge in [-0.3, -0.25) is 9.78 Å². The molecule has 1 amide bonds. The lowest BCUT2D eigenvalue weighted by Gasteiger charge is -2.08. The Hall–Kier alpha value is -2.40. The lowest BCUT2D eigenvalue weighted by Crippen LogP contribution is -2.19. The van der Waals surface area contributed by atoms with Gasteiger partial charge in [-0.1, -0.05) is 24.3 Å². The van der Waals surface area contributed by atoms with Crippen LogP contribution in [0.25, 0.3) is 0 Å². The summed E-state index contributed by atoms with van der Waals surface area (Å²) >= 11 is 0. The van der Waals surface area contributed by atoms with Crippen molar-refractivity contribution >= 4 is 11.6 Å². The highest BCUT2D eigenvalue weighted by molar-refractivity contribution is 5.92. The van der Waals surface area contributed by atoms with Crippen LogP contribution in [0.4, 0.5) is 5.69 Å². The van der Waals surface area contributed by atoms with Gasteiger partial charge in [0, 0.05) is 32.0 Å². The molecule has 0 unspecified atom stereocenters. The Morgan fingerprint density at radius 3 is 2.80 bits per heavy atom. The van der Waals surface area contributed by atoms with E-state index in [1.165, 1.54) is 0 Å². The summed E-state index contributed by atoms with van der Waals surface area (Å²) in [7, 11) is 1.59. The molecule has 104 valence electrons. The molecule has 0 fully saturated rings. The molecule has 1 aromatic carbocycles. The summed E-state index contributed by atoms with van der Waals surface area (Å²) in [6.45, 7) is 1.20. The zero-order valence-electron chi connectivity index (χ0n) is 11.4. The first-order chi connectivity index (χ1) is 9.72. The fourth-order valence-corrected chi connectivity index (χ4v) is 1.86. The quantitative estimate of drug-likeness (QED) is 0.769. The fraction of sp³-hybridized carbons (Fsp3) is 0.200. The molecule has 0 aliphatic rings. The molecule has 2 rings (SSSR count). The molecule has 0 atom stereocenters. The van der Waals surface area contributed by atoms with Gasteiger partial charge < -0.3 is 16.4 Å². The molecule has 20 heavy (non-hydrogen) atoms. The first-order valence-corrected chi connectivity index (χ1v) is 6.43. The fourth-order valence-electron chi connectivity index (χ4n) is 1.86. The summed E-state index contributed by atoms with van der Waals surface area (Å²) in [5.41, 5.74) is 9.12. The van der Waals surface area contributed by atoms with Crippen molar-refractivity contribution in [3.8, 4) is 0 Å². The van der Waals surface area contributed by atoms with E-state index in [1.54, 1.807) is 19.3 Å². The van der Waals surface area contributed by atoms with Gasteiger partial charge in [0.1, 0.15) is 5.69 Å². The minimum Gasteiger partial charge on any atom is -0.381 e. The third-order valence-corrected chi connectivity index (χ3v) is 2.94. The summed E-state index contributed by atoms with van der Waals surface area (Å²) in [5, 5.41) is 5.83. The highest BCUT2D eigenvalue weighted by atomic mass is 16.1. The normalized spacial score (nSPS) is 10.1. The van der Waals surface area contributed by atoms with E-state index < -0.39 is 0 Å². The maximum atomic E-state index is 11.5. The third-order valence-electron chi connectivity index (χ3n) is 2.94. The summed E-state index contributed by atoms with van der Waals surface area (Å²) in [4.78, 5) is 15.5. The standard InChI is InChI=1S/C15H18N4O/c1-17-15(20)14-8-13(5-6-18-14)19-10-12-4-2-3-11(7-12)9-16/h2-8H,9-10,16H2,1H3,(H,17,20)(H,18,19). The average Bonchev–Trinajstić information content (AvgIpc) is 2.52. The highest BCUT2D eigenvalue weighted by Crippen LogP contribution is 2.11. The first kappa shape index (κ1) is 14.0. The van der Waals surface area contributed by atoms with Crippen molar-refractivity contribution in [3.63, 3.8) is 0 Å². The maximum Gasteiger partial charge on any atom is 0.269 e. The highest BCUT2D eigenvalue weighted by Gasteiger charge is 2.05. The first-order valence-electron chi connectivity index (χ1n) is 6.43. The van der Waals surface area contributed by atoms with Crippen LogP contribution in [-0.2, 0) is 13.1 Å². The van der Waals surface area contributed by atoms with Gasteiger partial charge in [0.15, 0.2) is 0 Å². The molecule has 1 heterocycles. The van der Waals surface area contributed by atoms with Crippen molar-refractivity contribution in [2.75, 3.05) is 12.4 Å². The van der Waals surface area contributed by atoms with Gasteiger partial charge in [-0.25, -0.2) is 0 Å². The Morgan fingerprint density at radius 2 is 2.05 bits per heavy atom. The number of nitrogens with zero attached hydrogens (tertiary/aromatic N) is 1. The number of amides is 1. The molecule has 0 spiro atoms. The maximum absolute atomic E-state index is 11.5. The van der Waals surface area contributed by atoms with Crippen LogP contribution in [-0.4, -0.2) is 17.9 Å². The molecule has 2 aromatic rings. The monoisotopic (exact) mass is 270 g/mol. The van der Waals surface area contributed by atoms with E-state index in [-0.39, 0.29) is 5.91 Å². The Labute approximate surface area is 118 Å². The summed E-state index contributed by atoms with van der Waals surface area (Å²) in [6.07, 6.45) is 1.61. The predicted molar refractivity (Wildman–Crippen MR) is 79.3 cm³/mol. The van der Waals surface area contributed by atoms with Crippen molar-refractivity contribution in [1.29, 1.82) is 0 Å². The molecule has 1 aromatic heterocycles. The van der Waals surface area contributed by atoms with E-state index in [2.05, 4.69) is 21.7 Å². The van der Waals surface area contributed by atoms with E-state index in [4.69, 9.17) is 5.73 Å². The molecule has 0 aliphatic heterocycles. The molecular weight excluding hydrogens is 252 g/mol. The minimum atomic E-state index is -0.196. The lowest BCUT2D eigenvalue weighted by molar-refractivity contribution is 0.0958. The Bertz CT molecular complexity index is 598. The molecule has 0 saturated heterocycles. The number of benzene rings is 1. The van der Waals surface area contributed by atoms with Crippen LogP contribution in [0.1, 0.15) is 21.6 Å². The number of hydrogen-bond donors (Lipinski definition) is 3. The number of nitrogens with two attached hydrogens (primary N) is 1. The molecule has 4 N–H and O–H groups in total. The lowest BCUT2D eigenvalue weighted by atomic mass is 10.1. The van der Waals surface area contributed by atoms with Gasteiger partial charge in [-0.15, -0.1) is 0 Å². The third kappa shape index (κ3) is 3.55. The number of anilines is 1. The predicted octanol–water partition coefficient (Wildman–Crippen LogP) is 1.51. The number of carbonyl (C=O) groups is 1. The van der Waals surface area contributed by atoms with Crippen molar-refractivity contribution in [1.82, 2.24) is 10.3 Å². The van der Waals surface area contributed by atoms with Crippen LogP contribution in [0, 0.1) is 0 Å². The zero-order valence-corrected chi connectivity index (χ0v) is 11.4. The van der Waals surface area contributed by atoms with Crippen molar-refractivity contribution in [3.05, 3.63) is 59.4 Å². The van der Waals surface area contributed by atoms with Gasteiger partial charge in [0.25, 0.3) is 5.91 Å². The average molecular weight is 270 g/mol. The molecule has 0 saturated carbocycles. The van der Waals surface area contributed by atoms with Crippen molar-refractivity contribution in [2.24, 2.45) is 5.73 Å². The number of nitrogens with one attached hydrogen (secondary N) is 2. The smallest absolute Gasteiger partial charge is 0.269 e. The largest absolute Gasteiger partial charge is 0.381 e. The zero-order chi connectivity index (χ0) is 14.4. The van der Waals surface area contributed by atoms with Crippen molar-refractivity contribution in [2.45, 2.75) is 13.1 Å². The molecule has 5 nitrogen and oxygen atoms in total. The second kappa shape index (κ2) is 6.68. The number of rotatable bonds is 5. The van der Waals surface area contributed by atoms with Crippen LogP contribution >= 0.6 is 0 Å². The summed E-state index contributed by atoms with van der Waals surface area (Å²) in [5.74, 6) is -0.196. The Balaban J connectivity index is 2.05. The molecular formula is C15H18N4O. The summed E-state index contributed by atoms with van der Waals surface area (Å²) in [6, 6.07) is 11.6. The number of aromatic nitrogens is 1. The number of hydrogen-bond acceptors (Lipinski definition) is 4. The van der Waals surface area contributed by atoms with Gasteiger partial charge in [0.05, 0.1) is 0 Å². The second-order valence-electron chi connectivity index (χ2n) is 4.39. The minimum absolute atomic E-state index is 0.196. The van der Waals surface area contributed by atoms with Crippen LogP contribution in [0.5, 0.6) is 0 Å². The van der Waals surface area contributed by atoms with E-state index in [0.717, 1.165) is 16.8 Å². The van der Waals surface area contributed by atoms with E-state index in [0.29, 0.717) is 18.8 Å². The molecule has 0 bridgehead atoms. The van der Waals surface area contributed by atoms with Gasteiger partial charge in [-0.2, -0.15) is 0 Å². The number of pyridine rings is 1.